The van der Waals surface area contributed by atoms with Gasteiger partial charge in [0.25, 0.3) is 0 Å². The Morgan fingerprint density at radius 3 is 2.71 bits per heavy atom. The number of anilines is 1. The van der Waals surface area contributed by atoms with Gasteiger partial charge in [0, 0.05) is 6.04 Å². The monoisotopic (exact) mass is 186 g/mol. The fraction of sp³-hybridized carbons (Fsp3) is 0.250. The van der Waals surface area contributed by atoms with E-state index in [1.165, 1.54) is 0 Å². The van der Waals surface area contributed by atoms with Crippen LogP contribution in [0.25, 0.3) is 0 Å². The molecule has 2 rings (SSSR count). The Bertz CT molecular complexity index is 391. The average molecular weight is 186 g/mol. The topological polar surface area (TPSA) is 15.6 Å². The second-order valence-electron chi connectivity index (χ2n) is 3.70. The van der Waals surface area contributed by atoms with E-state index in [1.807, 2.05) is 24.4 Å². The van der Waals surface area contributed by atoms with Gasteiger partial charge in [-0.25, -0.2) is 0 Å². The van der Waals surface area contributed by atoms with E-state index >= 15 is 0 Å². The lowest BCUT2D eigenvalue weighted by Crippen LogP contribution is -2.31. The molecule has 0 saturated carbocycles. The third-order valence-electron chi connectivity index (χ3n) is 2.32. The number of nitrogens with zero attached hydrogens (tertiary/aromatic N) is 2. The van der Waals surface area contributed by atoms with E-state index in [4.69, 9.17) is 0 Å². The summed E-state index contributed by atoms with van der Waals surface area (Å²) in [4.78, 5) is 6.54. The molecule has 2 nitrogen and oxygen atoms in total. The number of benzene rings is 1. The molecule has 1 aliphatic heterocycles. The van der Waals surface area contributed by atoms with Gasteiger partial charge in [-0.3, -0.25) is 4.99 Å². The van der Waals surface area contributed by atoms with Crippen molar-refractivity contribution in [3.8, 4) is 0 Å². The zero-order valence-corrected chi connectivity index (χ0v) is 8.57. The molecule has 1 aromatic rings. The molecular weight excluding hydrogens is 172 g/mol. The van der Waals surface area contributed by atoms with Crippen LogP contribution in [0.15, 0.2) is 41.5 Å². The molecule has 0 N–H and O–H groups in total. The number of fused-ring (bicyclic) bond motifs is 1. The van der Waals surface area contributed by atoms with Gasteiger partial charge in [0.15, 0.2) is 0 Å². The average Bonchev–Trinajstić information content (AvgIpc) is 2.17. The van der Waals surface area contributed by atoms with Crippen molar-refractivity contribution < 1.29 is 0 Å². The van der Waals surface area contributed by atoms with Crippen LogP contribution in [0.3, 0.4) is 0 Å². The van der Waals surface area contributed by atoms with E-state index < -0.39 is 0 Å². The molecule has 1 aliphatic rings. The first-order valence-electron chi connectivity index (χ1n) is 4.81. The van der Waals surface area contributed by atoms with Crippen LogP contribution in [0.1, 0.15) is 13.8 Å². The highest BCUT2D eigenvalue weighted by Crippen LogP contribution is 2.34. The standard InChI is InChI=1S/C12H14N2/c1-9(2)14-10(3)8-13-11-6-4-5-7-12(11)14/h4-9H,3H2,1-2H3. The van der Waals surface area contributed by atoms with E-state index in [-0.39, 0.29) is 0 Å². The van der Waals surface area contributed by atoms with Crippen LogP contribution in [-0.2, 0) is 0 Å². The molecule has 0 amide bonds. The molecule has 0 bridgehead atoms. The Kier molecular flexibility index (Phi) is 2.12. The minimum Gasteiger partial charge on any atom is -0.336 e. The lowest BCUT2D eigenvalue weighted by atomic mass is 10.1. The van der Waals surface area contributed by atoms with Gasteiger partial charge in [-0.15, -0.1) is 0 Å². The molecule has 2 heteroatoms. The molecule has 0 spiro atoms. The maximum Gasteiger partial charge on any atom is 0.0867 e. The first-order valence-corrected chi connectivity index (χ1v) is 4.81. The Labute approximate surface area is 84.6 Å². The number of hydrogen-bond donors (Lipinski definition) is 0. The quantitative estimate of drug-likeness (QED) is 0.658. The molecule has 0 unspecified atom stereocenters. The predicted octanol–water partition coefficient (Wildman–Crippen LogP) is 3.13. The smallest absolute Gasteiger partial charge is 0.0867 e. The minimum atomic E-state index is 0.412. The third kappa shape index (κ3) is 1.33. The van der Waals surface area contributed by atoms with Gasteiger partial charge in [-0.1, -0.05) is 18.7 Å². The molecule has 1 aromatic carbocycles. The van der Waals surface area contributed by atoms with Crippen LogP contribution in [0, 0.1) is 0 Å². The summed E-state index contributed by atoms with van der Waals surface area (Å²) < 4.78 is 0. The van der Waals surface area contributed by atoms with E-state index in [1.54, 1.807) is 0 Å². The highest BCUT2D eigenvalue weighted by atomic mass is 15.2. The normalized spacial score (nSPS) is 14.8. The van der Waals surface area contributed by atoms with Gasteiger partial charge in [-0.05, 0) is 26.0 Å². The lowest BCUT2D eigenvalue weighted by Gasteiger charge is -2.32. The van der Waals surface area contributed by atoms with Gasteiger partial charge < -0.3 is 4.90 Å². The second kappa shape index (κ2) is 3.29. The molecule has 0 saturated heterocycles. The highest BCUT2D eigenvalue weighted by Gasteiger charge is 2.18. The first-order chi connectivity index (χ1) is 6.70. The molecule has 0 aliphatic carbocycles. The van der Waals surface area contributed by atoms with Crippen LogP contribution >= 0.6 is 0 Å². The molecule has 72 valence electrons. The largest absolute Gasteiger partial charge is 0.336 e. The van der Waals surface area contributed by atoms with Crippen molar-refractivity contribution >= 4 is 17.6 Å². The fourth-order valence-corrected chi connectivity index (χ4v) is 1.75. The molecule has 0 fully saturated rings. The third-order valence-corrected chi connectivity index (χ3v) is 2.32. The maximum atomic E-state index is 4.34. The minimum absolute atomic E-state index is 0.412. The van der Waals surface area contributed by atoms with E-state index in [0.29, 0.717) is 6.04 Å². The van der Waals surface area contributed by atoms with Crippen LogP contribution < -0.4 is 4.90 Å². The Balaban J connectivity index is 2.53. The predicted molar refractivity (Wildman–Crippen MR) is 61.3 cm³/mol. The summed E-state index contributed by atoms with van der Waals surface area (Å²) in [6.45, 7) is 8.30. The summed E-state index contributed by atoms with van der Waals surface area (Å²) in [6, 6.07) is 8.55. The van der Waals surface area contributed by atoms with Crippen molar-refractivity contribution in [1.29, 1.82) is 0 Å². The van der Waals surface area contributed by atoms with Gasteiger partial charge in [0.2, 0.25) is 0 Å². The van der Waals surface area contributed by atoms with Crippen molar-refractivity contribution in [2.75, 3.05) is 4.90 Å². The van der Waals surface area contributed by atoms with E-state index in [9.17, 15) is 0 Å². The van der Waals surface area contributed by atoms with Crippen molar-refractivity contribution in [2.45, 2.75) is 19.9 Å². The Hall–Kier alpha value is -1.57. The summed E-state index contributed by atoms with van der Waals surface area (Å²) in [7, 11) is 0. The van der Waals surface area contributed by atoms with Crippen molar-refractivity contribution in [3.63, 3.8) is 0 Å². The summed E-state index contributed by atoms with van der Waals surface area (Å²) in [5.74, 6) is 0. The molecule has 0 aromatic heterocycles. The Morgan fingerprint density at radius 2 is 2.00 bits per heavy atom. The lowest BCUT2D eigenvalue weighted by molar-refractivity contribution is 0.770. The second-order valence-corrected chi connectivity index (χ2v) is 3.70. The van der Waals surface area contributed by atoms with Gasteiger partial charge >= 0.3 is 0 Å². The van der Waals surface area contributed by atoms with E-state index in [2.05, 4.69) is 36.4 Å². The first kappa shape index (κ1) is 9.00. The van der Waals surface area contributed by atoms with Crippen molar-refractivity contribution in [2.24, 2.45) is 4.99 Å². The van der Waals surface area contributed by atoms with Crippen LogP contribution in [0.2, 0.25) is 0 Å². The Morgan fingerprint density at radius 1 is 1.29 bits per heavy atom. The summed E-state index contributed by atoms with van der Waals surface area (Å²) in [5.41, 5.74) is 3.13. The van der Waals surface area contributed by atoms with Gasteiger partial charge in [-0.2, -0.15) is 0 Å². The van der Waals surface area contributed by atoms with Crippen LogP contribution in [0.4, 0.5) is 11.4 Å². The zero-order chi connectivity index (χ0) is 10.1. The number of aliphatic imine (C=N–C) groups is 1. The molecule has 0 radical (unpaired) electrons. The molecule has 0 atom stereocenters. The highest BCUT2D eigenvalue weighted by molar-refractivity contribution is 5.93. The summed E-state index contributed by atoms with van der Waals surface area (Å²) in [6.07, 6.45) is 1.82. The molecule has 14 heavy (non-hydrogen) atoms. The van der Waals surface area contributed by atoms with E-state index in [0.717, 1.165) is 17.1 Å². The van der Waals surface area contributed by atoms with Crippen molar-refractivity contribution in [3.05, 3.63) is 36.5 Å². The summed E-state index contributed by atoms with van der Waals surface area (Å²) >= 11 is 0. The molecule has 1 heterocycles. The SMILES string of the molecule is C=C1C=Nc2ccccc2N1C(C)C. The van der Waals surface area contributed by atoms with Crippen LogP contribution in [0.5, 0.6) is 0 Å². The maximum absolute atomic E-state index is 4.34. The zero-order valence-electron chi connectivity index (χ0n) is 8.57. The van der Waals surface area contributed by atoms with Gasteiger partial charge in [0.1, 0.15) is 0 Å². The van der Waals surface area contributed by atoms with Gasteiger partial charge in [0.05, 0.1) is 23.3 Å². The fourth-order valence-electron chi connectivity index (χ4n) is 1.75. The number of para-hydroxylation sites is 2. The van der Waals surface area contributed by atoms with Crippen molar-refractivity contribution in [1.82, 2.24) is 0 Å². The summed E-state index contributed by atoms with van der Waals surface area (Å²) in [5, 5.41) is 0. The number of hydrogen-bond acceptors (Lipinski definition) is 2. The molecular formula is C12H14N2. The van der Waals surface area contributed by atoms with Crippen LogP contribution in [-0.4, -0.2) is 12.3 Å². The number of rotatable bonds is 1. The number of allylic oxidation sites excluding steroid dienone is 1.